The first-order valence-corrected chi connectivity index (χ1v) is 9.78. The molecule has 0 aliphatic rings. The lowest BCUT2D eigenvalue weighted by atomic mass is 10.1. The van der Waals surface area contributed by atoms with E-state index in [1.54, 1.807) is 11.6 Å². The molecule has 1 aromatic carbocycles. The Hall–Kier alpha value is -2.60. The van der Waals surface area contributed by atoms with E-state index in [1.165, 1.54) is 6.07 Å². The second-order valence-corrected chi connectivity index (χ2v) is 7.04. The van der Waals surface area contributed by atoms with Gasteiger partial charge >= 0.3 is 11.6 Å². The highest BCUT2D eigenvalue weighted by Gasteiger charge is 2.22. The monoisotopic (exact) mass is 402 g/mol. The fraction of sp³-hybridized carbons (Fsp3) is 0.381. The lowest BCUT2D eigenvalue weighted by Crippen LogP contribution is -2.09. The minimum absolute atomic E-state index is 0.0533. The first-order valence-electron chi connectivity index (χ1n) is 9.40. The standard InChI is InChI=1S/C21H23ClN2O4/c1-4-6-9-24-20(22)19(13(3)23-24)21(26)27-12-15-11-18(25)28-17-10-14(5-2)7-8-16(15)17/h7-8,10-11H,4-6,9,12H2,1-3H3. The molecule has 0 aliphatic carbocycles. The SMILES string of the molecule is CCCCn1nc(C)c(C(=O)OCc2cc(=O)oc3cc(CC)ccc23)c1Cl. The summed E-state index contributed by atoms with van der Waals surface area (Å²) in [5.74, 6) is -0.559. The number of hydrogen-bond donors (Lipinski definition) is 0. The lowest BCUT2D eigenvalue weighted by molar-refractivity contribution is 0.0473. The van der Waals surface area contributed by atoms with Crippen LogP contribution in [0.2, 0.25) is 5.15 Å². The summed E-state index contributed by atoms with van der Waals surface area (Å²) in [4.78, 5) is 24.5. The maximum absolute atomic E-state index is 12.6. The van der Waals surface area contributed by atoms with Crippen molar-refractivity contribution in [3.63, 3.8) is 0 Å². The quantitative estimate of drug-likeness (QED) is 0.424. The van der Waals surface area contributed by atoms with Crippen LogP contribution in [0.1, 0.15) is 53.9 Å². The van der Waals surface area contributed by atoms with E-state index in [-0.39, 0.29) is 17.3 Å². The summed E-state index contributed by atoms with van der Waals surface area (Å²) in [6.45, 7) is 6.42. The van der Waals surface area contributed by atoms with Crippen molar-refractivity contribution in [3.8, 4) is 0 Å². The lowest BCUT2D eigenvalue weighted by Gasteiger charge is -2.08. The van der Waals surface area contributed by atoms with E-state index in [0.717, 1.165) is 30.2 Å². The van der Waals surface area contributed by atoms with Crippen molar-refractivity contribution in [1.29, 1.82) is 0 Å². The van der Waals surface area contributed by atoms with Crippen LogP contribution in [-0.2, 0) is 24.3 Å². The van der Waals surface area contributed by atoms with Crippen LogP contribution >= 0.6 is 11.6 Å². The summed E-state index contributed by atoms with van der Waals surface area (Å²) in [5.41, 5.74) is 2.45. The maximum atomic E-state index is 12.6. The highest BCUT2D eigenvalue weighted by Crippen LogP contribution is 2.23. The molecule has 0 amide bonds. The number of fused-ring (bicyclic) bond motifs is 1. The van der Waals surface area contributed by atoms with E-state index in [2.05, 4.69) is 12.0 Å². The van der Waals surface area contributed by atoms with Crippen molar-refractivity contribution in [1.82, 2.24) is 9.78 Å². The summed E-state index contributed by atoms with van der Waals surface area (Å²) in [6.07, 6.45) is 2.75. The number of carbonyl (C=O) groups excluding carboxylic acids is 1. The molecule has 0 saturated heterocycles. The van der Waals surface area contributed by atoms with Gasteiger partial charge in [-0.05, 0) is 31.4 Å². The van der Waals surface area contributed by atoms with Gasteiger partial charge < -0.3 is 9.15 Å². The zero-order valence-corrected chi connectivity index (χ0v) is 17.0. The molecule has 0 saturated carbocycles. The molecule has 148 valence electrons. The molecule has 3 aromatic rings. The van der Waals surface area contributed by atoms with Gasteiger partial charge in [-0.15, -0.1) is 0 Å². The molecule has 3 rings (SSSR count). The van der Waals surface area contributed by atoms with Crippen LogP contribution in [0.4, 0.5) is 0 Å². The van der Waals surface area contributed by atoms with Crippen molar-refractivity contribution in [2.75, 3.05) is 0 Å². The highest BCUT2D eigenvalue weighted by molar-refractivity contribution is 6.32. The molecule has 2 aromatic heterocycles. The van der Waals surface area contributed by atoms with Crippen LogP contribution in [0.15, 0.2) is 33.5 Å². The van der Waals surface area contributed by atoms with E-state index in [4.69, 9.17) is 20.8 Å². The molecule has 0 radical (unpaired) electrons. The molecule has 2 heterocycles. The number of benzene rings is 1. The van der Waals surface area contributed by atoms with Gasteiger partial charge in [0.15, 0.2) is 0 Å². The molecule has 6 nitrogen and oxygen atoms in total. The Bertz CT molecular complexity index is 1070. The molecule has 0 fully saturated rings. The molecule has 0 unspecified atom stereocenters. The van der Waals surface area contributed by atoms with Crippen molar-refractivity contribution < 1.29 is 13.9 Å². The van der Waals surface area contributed by atoms with Crippen LogP contribution in [0, 0.1) is 6.92 Å². The average Bonchev–Trinajstić information content (AvgIpc) is 2.96. The van der Waals surface area contributed by atoms with Crippen LogP contribution in [0.3, 0.4) is 0 Å². The van der Waals surface area contributed by atoms with Gasteiger partial charge in [-0.25, -0.2) is 9.59 Å². The number of nitrogens with zero attached hydrogens (tertiary/aromatic N) is 2. The smallest absolute Gasteiger partial charge is 0.343 e. The molecule has 7 heteroatoms. The van der Waals surface area contributed by atoms with Gasteiger partial charge in [0, 0.05) is 23.6 Å². The fourth-order valence-electron chi connectivity index (χ4n) is 3.07. The summed E-state index contributed by atoms with van der Waals surface area (Å²) in [7, 11) is 0. The van der Waals surface area contributed by atoms with Crippen molar-refractivity contribution in [2.24, 2.45) is 0 Å². The van der Waals surface area contributed by atoms with Gasteiger partial charge in [0.2, 0.25) is 0 Å². The number of halogens is 1. The summed E-state index contributed by atoms with van der Waals surface area (Å²) >= 11 is 6.33. The number of hydrogen-bond acceptors (Lipinski definition) is 5. The maximum Gasteiger partial charge on any atom is 0.343 e. The summed E-state index contributed by atoms with van der Waals surface area (Å²) < 4.78 is 12.4. The Kier molecular flexibility index (Phi) is 6.19. The normalized spacial score (nSPS) is 11.1. The Morgan fingerprint density at radius 1 is 1.29 bits per heavy atom. The third kappa shape index (κ3) is 4.12. The second kappa shape index (κ2) is 8.61. The number of esters is 1. The van der Waals surface area contributed by atoms with Crippen LogP contribution < -0.4 is 5.63 Å². The van der Waals surface area contributed by atoms with Gasteiger partial charge in [0.25, 0.3) is 0 Å². The van der Waals surface area contributed by atoms with Gasteiger partial charge in [0.1, 0.15) is 22.9 Å². The van der Waals surface area contributed by atoms with Crippen LogP contribution in [-0.4, -0.2) is 15.7 Å². The van der Waals surface area contributed by atoms with Crippen molar-refractivity contribution in [2.45, 2.75) is 53.2 Å². The predicted molar refractivity (Wildman–Crippen MR) is 108 cm³/mol. The van der Waals surface area contributed by atoms with E-state index in [9.17, 15) is 9.59 Å². The fourth-order valence-corrected chi connectivity index (χ4v) is 3.41. The van der Waals surface area contributed by atoms with Crippen molar-refractivity contribution >= 4 is 28.5 Å². The number of aryl methyl sites for hydroxylation is 3. The van der Waals surface area contributed by atoms with Gasteiger partial charge in [-0.2, -0.15) is 5.10 Å². The molecule has 0 aliphatic heterocycles. The highest BCUT2D eigenvalue weighted by atomic mass is 35.5. The molecule has 0 spiro atoms. The molecular formula is C21H23ClN2O4. The Labute approximate surface area is 168 Å². The average molecular weight is 403 g/mol. The molecule has 28 heavy (non-hydrogen) atoms. The molecule has 0 bridgehead atoms. The topological polar surface area (TPSA) is 74.3 Å². The number of carbonyl (C=O) groups is 1. The first-order chi connectivity index (χ1) is 13.4. The van der Waals surface area contributed by atoms with Crippen molar-refractivity contribution in [3.05, 3.63) is 62.2 Å². The zero-order chi connectivity index (χ0) is 20.3. The number of aromatic nitrogens is 2. The predicted octanol–water partition coefficient (Wildman–Crippen LogP) is 4.67. The molecule has 0 N–H and O–H groups in total. The Morgan fingerprint density at radius 2 is 2.07 bits per heavy atom. The summed E-state index contributed by atoms with van der Waals surface area (Å²) in [6, 6.07) is 7.02. The van der Waals surface area contributed by atoms with E-state index < -0.39 is 11.6 Å². The Balaban J connectivity index is 1.84. The third-order valence-electron chi connectivity index (χ3n) is 4.65. The van der Waals surface area contributed by atoms with E-state index in [0.29, 0.717) is 23.4 Å². The molecule has 0 atom stereocenters. The van der Waals surface area contributed by atoms with E-state index in [1.807, 2.05) is 25.1 Å². The Morgan fingerprint density at radius 3 is 2.79 bits per heavy atom. The van der Waals surface area contributed by atoms with Gasteiger partial charge in [-0.1, -0.05) is 44.0 Å². The van der Waals surface area contributed by atoms with Gasteiger partial charge in [0.05, 0.1) is 5.69 Å². The van der Waals surface area contributed by atoms with Gasteiger partial charge in [-0.3, -0.25) is 4.68 Å². The minimum Gasteiger partial charge on any atom is -0.457 e. The zero-order valence-electron chi connectivity index (χ0n) is 16.3. The first kappa shape index (κ1) is 20.1. The summed E-state index contributed by atoms with van der Waals surface area (Å²) in [5, 5.41) is 5.35. The number of unbranched alkanes of at least 4 members (excludes halogenated alkanes) is 1. The minimum atomic E-state index is -0.559. The largest absolute Gasteiger partial charge is 0.457 e. The molecular weight excluding hydrogens is 380 g/mol. The van der Waals surface area contributed by atoms with E-state index >= 15 is 0 Å². The second-order valence-electron chi connectivity index (χ2n) is 6.68. The van der Waals surface area contributed by atoms with Crippen LogP contribution in [0.5, 0.6) is 0 Å². The van der Waals surface area contributed by atoms with Crippen LogP contribution in [0.25, 0.3) is 11.0 Å². The third-order valence-corrected chi connectivity index (χ3v) is 5.04. The number of rotatable bonds is 7. The number of ether oxygens (including phenoxy) is 1.